The van der Waals surface area contributed by atoms with E-state index in [0.29, 0.717) is 11.4 Å². The molecule has 0 aliphatic rings. The van der Waals surface area contributed by atoms with Crippen LogP contribution in [0.5, 0.6) is 5.75 Å². The van der Waals surface area contributed by atoms with Crippen LogP contribution >= 0.6 is 0 Å². The molecule has 0 aromatic heterocycles. The highest BCUT2D eigenvalue weighted by molar-refractivity contribution is 7.92. The third-order valence-corrected chi connectivity index (χ3v) is 8.34. The Balaban J connectivity index is 2.02. The van der Waals surface area contributed by atoms with E-state index in [1.54, 1.807) is 68.6 Å². The Hall–Kier alpha value is -3.85. The fourth-order valence-electron chi connectivity index (χ4n) is 4.05. The minimum atomic E-state index is -4.09. The normalized spacial score (nSPS) is 12.7. The van der Waals surface area contributed by atoms with Crippen molar-refractivity contribution in [3.63, 3.8) is 0 Å². The molecule has 9 heteroatoms. The standard InChI is InChI=1S/C30H37N3O5S/c1-6-23(3)31-30(35)24(4)32(20-25-13-11-15-27(19-25)38-5)29(34)21-33(26-14-10-12-22(2)18-26)39(36,37)28-16-8-7-9-17-28/h7-19,23-24H,6,20-21H2,1-5H3,(H,31,35). The molecule has 2 unspecified atom stereocenters. The Bertz CT molecular complexity index is 1380. The number of anilines is 1. The minimum Gasteiger partial charge on any atom is -0.497 e. The predicted molar refractivity (Wildman–Crippen MR) is 153 cm³/mol. The van der Waals surface area contributed by atoms with Crippen LogP contribution in [0.15, 0.2) is 83.8 Å². The van der Waals surface area contributed by atoms with Crippen LogP contribution in [-0.2, 0) is 26.2 Å². The Morgan fingerprint density at radius 2 is 1.64 bits per heavy atom. The molecular formula is C30H37N3O5S. The van der Waals surface area contributed by atoms with E-state index in [-0.39, 0.29) is 23.4 Å². The Labute approximate surface area is 231 Å². The lowest BCUT2D eigenvalue weighted by Crippen LogP contribution is -2.52. The summed E-state index contributed by atoms with van der Waals surface area (Å²) < 4.78 is 34.0. The fraction of sp³-hybridized carbons (Fsp3) is 0.333. The van der Waals surface area contributed by atoms with Gasteiger partial charge in [0.2, 0.25) is 11.8 Å². The number of amides is 2. The quantitative estimate of drug-likeness (QED) is 0.357. The number of carbonyl (C=O) groups is 2. The number of hydrogen-bond acceptors (Lipinski definition) is 5. The summed E-state index contributed by atoms with van der Waals surface area (Å²) in [4.78, 5) is 28.6. The number of sulfonamides is 1. The zero-order valence-electron chi connectivity index (χ0n) is 23.1. The van der Waals surface area contributed by atoms with E-state index in [9.17, 15) is 18.0 Å². The smallest absolute Gasteiger partial charge is 0.264 e. The van der Waals surface area contributed by atoms with Crippen LogP contribution in [0.4, 0.5) is 5.69 Å². The number of carbonyl (C=O) groups excluding carboxylic acids is 2. The van der Waals surface area contributed by atoms with Crippen LogP contribution in [0.1, 0.15) is 38.3 Å². The zero-order chi connectivity index (χ0) is 28.6. The molecule has 0 saturated heterocycles. The molecule has 0 fully saturated rings. The lowest BCUT2D eigenvalue weighted by Gasteiger charge is -2.32. The molecule has 39 heavy (non-hydrogen) atoms. The maximum Gasteiger partial charge on any atom is 0.264 e. The van der Waals surface area contributed by atoms with Crippen molar-refractivity contribution in [3.05, 3.63) is 90.0 Å². The molecule has 3 rings (SSSR count). The number of nitrogens with one attached hydrogen (secondary N) is 1. The number of methoxy groups -OCH3 is 1. The minimum absolute atomic E-state index is 0.0706. The maximum atomic E-state index is 14.0. The van der Waals surface area contributed by atoms with Crippen LogP contribution in [0.2, 0.25) is 0 Å². The molecule has 3 aromatic rings. The summed E-state index contributed by atoms with van der Waals surface area (Å²) in [5.74, 6) is -0.205. The predicted octanol–water partition coefficient (Wildman–Crippen LogP) is 4.53. The van der Waals surface area contributed by atoms with Gasteiger partial charge in [-0.15, -0.1) is 0 Å². The van der Waals surface area contributed by atoms with E-state index in [4.69, 9.17) is 4.74 Å². The SMILES string of the molecule is CCC(C)NC(=O)C(C)N(Cc1cccc(OC)c1)C(=O)CN(c1cccc(C)c1)S(=O)(=O)c1ccccc1. The fourth-order valence-corrected chi connectivity index (χ4v) is 5.47. The van der Waals surface area contributed by atoms with Gasteiger partial charge in [-0.3, -0.25) is 13.9 Å². The van der Waals surface area contributed by atoms with E-state index in [2.05, 4.69) is 5.32 Å². The number of hydrogen-bond donors (Lipinski definition) is 1. The van der Waals surface area contributed by atoms with Gasteiger partial charge >= 0.3 is 0 Å². The molecule has 0 bridgehead atoms. The van der Waals surface area contributed by atoms with Crippen LogP contribution in [0, 0.1) is 6.92 Å². The van der Waals surface area contributed by atoms with E-state index in [0.717, 1.165) is 21.9 Å². The monoisotopic (exact) mass is 551 g/mol. The van der Waals surface area contributed by atoms with E-state index in [1.165, 1.54) is 17.0 Å². The summed E-state index contributed by atoms with van der Waals surface area (Å²) in [6.07, 6.45) is 0.735. The van der Waals surface area contributed by atoms with Crippen molar-refractivity contribution >= 4 is 27.5 Å². The highest BCUT2D eigenvalue weighted by Gasteiger charge is 2.32. The Morgan fingerprint density at radius 1 is 0.949 bits per heavy atom. The van der Waals surface area contributed by atoms with E-state index in [1.807, 2.05) is 32.9 Å². The van der Waals surface area contributed by atoms with Crippen LogP contribution in [0.3, 0.4) is 0 Å². The largest absolute Gasteiger partial charge is 0.497 e. The maximum absolute atomic E-state index is 14.0. The van der Waals surface area contributed by atoms with E-state index >= 15 is 0 Å². The van der Waals surface area contributed by atoms with Crippen molar-refractivity contribution in [1.29, 1.82) is 0 Å². The third-order valence-electron chi connectivity index (χ3n) is 6.56. The third kappa shape index (κ3) is 7.60. The van der Waals surface area contributed by atoms with Crippen molar-refractivity contribution in [3.8, 4) is 5.75 Å². The lowest BCUT2D eigenvalue weighted by atomic mass is 10.1. The van der Waals surface area contributed by atoms with Crippen molar-refractivity contribution in [2.45, 2.75) is 57.6 Å². The number of ether oxygens (including phenoxy) is 1. The average molecular weight is 552 g/mol. The Morgan fingerprint density at radius 3 is 2.28 bits per heavy atom. The molecule has 208 valence electrons. The van der Waals surface area contributed by atoms with Gasteiger partial charge in [0.05, 0.1) is 17.7 Å². The van der Waals surface area contributed by atoms with Gasteiger partial charge in [-0.05, 0) is 74.7 Å². The van der Waals surface area contributed by atoms with Crippen molar-refractivity contribution in [2.75, 3.05) is 18.0 Å². The van der Waals surface area contributed by atoms with E-state index < -0.39 is 28.5 Å². The second-order valence-electron chi connectivity index (χ2n) is 9.53. The summed E-state index contributed by atoms with van der Waals surface area (Å²) >= 11 is 0. The molecule has 0 saturated carbocycles. The molecule has 0 aliphatic heterocycles. The molecule has 2 atom stereocenters. The molecule has 0 heterocycles. The van der Waals surface area contributed by atoms with Gasteiger partial charge in [0, 0.05) is 12.6 Å². The molecule has 0 aliphatic carbocycles. The van der Waals surface area contributed by atoms with Gasteiger partial charge in [0.15, 0.2) is 0 Å². The average Bonchev–Trinajstić information content (AvgIpc) is 2.94. The molecule has 1 N–H and O–H groups in total. The van der Waals surface area contributed by atoms with Crippen LogP contribution in [0.25, 0.3) is 0 Å². The number of rotatable bonds is 12. The first-order chi connectivity index (χ1) is 18.6. The van der Waals surface area contributed by atoms with Crippen molar-refractivity contribution in [1.82, 2.24) is 10.2 Å². The highest BCUT2D eigenvalue weighted by Crippen LogP contribution is 2.25. The number of benzene rings is 3. The summed E-state index contributed by atoms with van der Waals surface area (Å²) in [6, 6.07) is 21.3. The van der Waals surface area contributed by atoms with Crippen LogP contribution < -0.4 is 14.4 Å². The molecule has 3 aromatic carbocycles. The van der Waals surface area contributed by atoms with Gasteiger partial charge in [0.25, 0.3) is 10.0 Å². The topological polar surface area (TPSA) is 96.0 Å². The summed E-state index contributed by atoms with van der Waals surface area (Å²) in [5, 5.41) is 2.93. The van der Waals surface area contributed by atoms with Gasteiger partial charge in [-0.1, -0.05) is 49.4 Å². The summed E-state index contributed by atoms with van der Waals surface area (Å²) in [6.45, 7) is 6.98. The van der Waals surface area contributed by atoms with Gasteiger partial charge < -0.3 is 15.0 Å². The first-order valence-electron chi connectivity index (χ1n) is 12.9. The molecular weight excluding hydrogens is 514 g/mol. The Kier molecular flexibility index (Phi) is 10.1. The lowest BCUT2D eigenvalue weighted by molar-refractivity contribution is -0.139. The van der Waals surface area contributed by atoms with Gasteiger partial charge in [0.1, 0.15) is 18.3 Å². The van der Waals surface area contributed by atoms with Crippen LogP contribution in [-0.4, -0.2) is 50.9 Å². The number of nitrogens with zero attached hydrogens (tertiary/aromatic N) is 2. The number of aryl methyl sites for hydroxylation is 1. The first-order valence-corrected chi connectivity index (χ1v) is 14.4. The zero-order valence-corrected chi connectivity index (χ0v) is 23.9. The van der Waals surface area contributed by atoms with Gasteiger partial charge in [-0.2, -0.15) is 0 Å². The second kappa shape index (κ2) is 13.3. The molecule has 0 spiro atoms. The van der Waals surface area contributed by atoms with Gasteiger partial charge in [-0.25, -0.2) is 8.42 Å². The summed E-state index contributed by atoms with van der Waals surface area (Å²) in [5.41, 5.74) is 1.96. The first kappa shape index (κ1) is 29.7. The highest BCUT2D eigenvalue weighted by atomic mass is 32.2. The van der Waals surface area contributed by atoms with Crippen molar-refractivity contribution in [2.24, 2.45) is 0 Å². The van der Waals surface area contributed by atoms with Crippen molar-refractivity contribution < 1.29 is 22.7 Å². The molecule has 0 radical (unpaired) electrons. The summed E-state index contributed by atoms with van der Waals surface area (Å²) in [7, 11) is -2.53. The molecule has 8 nitrogen and oxygen atoms in total. The second-order valence-corrected chi connectivity index (χ2v) is 11.4. The molecule has 2 amide bonds.